The van der Waals surface area contributed by atoms with Crippen LogP contribution in [0.2, 0.25) is 0 Å². The van der Waals surface area contributed by atoms with Gasteiger partial charge in [-0.25, -0.2) is 21.2 Å². The minimum absolute atomic E-state index is 0.0426. The third-order valence-corrected chi connectivity index (χ3v) is 9.69. The van der Waals surface area contributed by atoms with E-state index in [1.807, 2.05) is 29.8 Å². The molecule has 12 heteroatoms. The second kappa shape index (κ2) is 13.4. The fourth-order valence-corrected chi connectivity index (χ4v) is 7.06. The molecule has 4 aromatic carbocycles. The highest BCUT2D eigenvalue weighted by Gasteiger charge is 2.37. The molecule has 2 N–H and O–H groups in total. The van der Waals surface area contributed by atoms with Gasteiger partial charge in [0, 0.05) is 5.69 Å². The van der Waals surface area contributed by atoms with Crippen LogP contribution in [0.1, 0.15) is 63.8 Å². The maximum Gasteiger partial charge on any atom is 0.417 e. The number of sulfonamides is 2. The Balaban J connectivity index is 0.000000254. The van der Waals surface area contributed by atoms with E-state index in [9.17, 15) is 34.4 Å². The highest BCUT2D eigenvalue weighted by Crippen LogP contribution is 2.35. The van der Waals surface area contributed by atoms with E-state index in [2.05, 4.69) is 25.5 Å². The highest BCUT2D eigenvalue weighted by molar-refractivity contribution is 7.93. The summed E-state index contributed by atoms with van der Waals surface area (Å²) in [6.07, 6.45) is -4.83. The van der Waals surface area contributed by atoms with E-state index in [1.165, 1.54) is 23.8 Å². The van der Waals surface area contributed by atoms with Crippen molar-refractivity contribution in [3.63, 3.8) is 0 Å². The van der Waals surface area contributed by atoms with Crippen LogP contribution >= 0.6 is 0 Å². The molecular weight excluding hydrogens is 641 g/mol. The molecule has 4 rings (SSSR count). The van der Waals surface area contributed by atoms with Crippen molar-refractivity contribution in [1.29, 1.82) is 0 Å². The number of benzene rings is 4. The predicted octanol–water partition coefficient (Wildman–Crippen LogP) is 9.04. The molecule has 0 fully saturated rings. The second-order valence-corrected chi connectivity index (χ2v) is 16.1. The third-order valence-electron chi connectivity index (χ3n) is 6.85. The van der Waals surface area contributed by atoms with Crippen molar-refractivity contribution in [3.8, 4) is 0 Å². The van der Waals surface area contributed by atoms with E-state index in [0.717, 1.165) is 23.8 Å². The van der Waals surface area contributed by atoms with Crippen LogP contribution in [-0.4, -0.2) is 16.8 Å². The number of nitrogens with one attached hydrogen (secondary N) is 2. The van der Waals surface area contributed by atoms with Crippen molar-refractivity contribution >= 4 is 31.4 Å². The topological polar surface area (TPSA) is 92.3 Å². The third kappa shape index (κ3) is 9.32. The van der Waals surface area contributed by atoms with E-state index in [-0.39, 0.29) is 16.0 Å². The molecule has 248 valence electrons. The number of aryl methyl sites for hydroxylation is 1. The average Bonchev–Trinajstić information content (AvgIpc) is 2.92. The number of alkyl halides is 3. The smallest absolute Gasteiger partial charge is 0.280 e. The van der Waals surface area contributed by atoms with Gasteiger partial charge in [-0.3, -0.25) is 9.44 Å². The molecule has 0 spiro atoms. The van der Waals surface area contributed by atoms with Gasteiger partial charge in [-0.15, -0.1) is 0 Å². The lowest BCUT2D eigenvalue weighted by Gasteiger charge is -2.22. The van der Waals surface area contributed by atoms with Crippen molar-refractivity contribution < 1.29 is 34.4 Å². The number of anilines is 2. The lowest BCUT2D eigenvalue weighted by molar-refractivity contribution is -0.139. The zero-order chi connectivity index (χ0) is 34.7. The van der Waals surface area contributed by atoms with Gasteiger partial charge in [-0.1, -0.05) is 84.0 Å². The van der Waals surface area contributed by atoms with Crippen LogP contribution in [0.5, 0.6) is 0 Å². The first-order valence-corrected chi connectivity index (χ1v) is 17.2. The Morgan fingerprint density at radius 1 is 0.565 bits per heavy atom. The summed E-state index contributed by atoms with van der Waals surface area (Å²) >= 11 is 0. The number of hydrogen-bond acceptors (Lipinski definition) is 4. The van der Waals surface area contributed by atoms with Gasteiger partial charge in [0.1, 0.15) is 5.82 Å². The van der Waals surface area contributed by atoms with Gasteiger partial charge in [-0.2, -0.15) is 13.2 Å². The number of halogens is 4. The van der Waals surface area contributed by atoms with E-state index < -0.39 is 47.9 Å². The van der Waals surface area contributed by atoms with Crippen LogP contribution in [0.15, 0.2) is 101 Å². The summed E-state index contributed by atoms with van der Waals surface area (Å²) in [5.74, 6) is -0.642. The lowest BCUT2D eigenvalue weighted by atomic mass is 9.84. The number of rotatable bonds is 6. The summed E-state index contributed by atoms with van der Waals surface area (Å²) in [6, 6.07) is 21.5. The Hall–Kier alpha value is -3.90. The van der Waals surface area contributed by atoms with Gasteiger partial charge in [0.2, 0.25) is 0 Å². The molecule has 0 saturated heterocycles. The summed E-state index contributed by atoms with van der Waals surface area (Å²) in [7, 11) is -8.06. The Bertz CT molecular complexity index is 1900. The quantitative estimate of drug-likeness (QED) is 0.199. The minimum Gasteiger partial charge on any atom is -0.280 e. The Morgan fingerprint density at radius 3 is 1.54 bits per heavy atom. The van der Waals surface area contributed by atoms with Gasteiger partial charge < -0.3 is 0 Å². The zero-order valence-electron chi connectivity index (χ0n) is 26.6. The number of hydrogen-bond donors (Lipinski definition) is 2. The largest absolute Gasteiger partial charge is 0.417 e. The SMILES string of the molecule is CC(C)(C)c1ccc(NS(=O)(=O)c2ccccc2C(F)(F)F)cc1F.Cc1cc(NS(=O)(=O)c2ccccc2)ccc1C(C)(C)C. The summed E-state index contributed by atoms with van der Waals surface area (Å²) in [5, 5.41) is 0. The van der Waals surface area contributed by atoms with Gasteiger partial charge >= 0.3 is 6.18 Å². The van der Waals surface area contributed by atoms with Crippen molar-refractivity contribution in [1.82, 2.24) is 0 Å². The molecule has 6 nitrogen and oxygen atoms in total. The molecule has 0 radical (unpaired) electrons. The summed E-state index contributed by atoms with van der Waals surface area (Å²) < 4.78 is 107. The first-order chi connectivity index (χ1) is 21.0. The molecule has 0 unspecified atom stereocenters. The van der Waals surface area contributed by atoms with E-state index in [0.29, 0.717) is 17.3 Å². The molecule has 4 aromatic rings. The maximum absolute atomic E-state index is 14.2. The monoisotopic (exact) mass is 678 g/mol. The molecule has 0 aromatic heterocycles. The molecule has 46 heavy (non-hydrogen) atoms. The fourth-order valence-electron chi connectivity index (χ4n) is 4.71. The molecule has 0 saturated carbocycles. The average molecular weight is 679 g/mol. The Kier molecular flexibility index (Phi) is 10.7. The first kappa shape index (κ1) is 36.6. The maximum atomic E-state index is 14.2. The molecule has 0 atom stereocenters. The molecular formula is C34H38F4N2O4S2. The first-order valence-electron chi connectivity index (χ1n) is 14.2. The Labute approximate surface area is 269 Å². The highest BCUT2D eigenvalue weighted by atomic mass is 32.2. The van der Waals surface area contributed by atoms with Crippen LogP contribution in [0, 0.1) is 12.7 Å². The molecule has 0 aliphatic heterocycles. The van der Waals surface area contributed by atoms with Crippen LogP contribution in [0.4, 0.5) is 28.9 Å². The molecule has 0 aliphatic rings. The Morgan fingerprint density at radius 2 is 1.04 bits per heavy atom. The molecule has 0 aliphatic carbocycles. The van der Waals surface area contributed by atoms with Crippen molar-refractivity contribution in [2.45, 2.75) is 75.3 Å². The van der Waals surface area contributed by atoms with Gasteiger partial charge in [0.25, 0.3) is 20.0 Å². The standard InChI is InChI=1S/C17H17F4NO2S.C17H21NO2S/c1-16(2,3)12-9-8-11(10-14(12)18)22-25(23,24)15-7-5-4-6-13(15)17(19,20)21;1-13-12-14(10-11-16(13)17(2,3)4)18-21(19,20)15-8-6-5-7-9-15/h4-10,22H,1-3H3;5-12,18H,1-4H3. The van der Waals surface area contributed by atoms with Crippen molar-refractivity contribution in [2.24, 2.45) is 0 Å². The van der Waals surface area contributed by atoms with Gasteiger partial charge in [0.15, 0.2) is 0 Å². The summed E-state index contributed by atoms with van der Waals surface area (Å²) in [5.41, 5.74) is 1.36. The minimum atomic E-state index is -4.83. The molecule has 0 heterocycles. The second-order valence-electron chi connectivity index (χ2n) is 12.7. The van der Waals surface area contributed by atoms with Gasteiger partial charge in [-0.05, 0) is 83.0 Å². The van der Waals surface area contributed by atoms with Gasteiger partial charge in [0.05, 0.1) is 21.0 Å². The zero-order valence-corrected chi connectivity index (χ0v) is 28.3. The summed E-state index contributed by atoms with van der Waals surface area (Å²) in [6.45, 7) is 13.8. The predicted molar refractivity (Wildman–Crippen MR) is 174 cm³/mol. The fraction of sp³-hybridized carbons (Fsp3) is 0.294. The van der Waals surface area contributed by atoms with E-state index in [4.69, 9.17) is 0 Å². The van der Waals surface area contributed by atoms with Crippen LogP contribution in [-0.2, 0) is 37.1 Å². The van der Waals surface area contributed by atoms with E-state index in [1.54, 1.807) is 51.1 Å². The van der Waals surface area contributed by atoms with Crippen molar-refractivity contribution in [3.05, 3.63) is 119 Å². The van der Waals surface area contributed by atoms with Crippen molar-refractivity contribution in [2.75, 3.05) is 9.44 Å². The molecule has 0 bridgehead atoms. The lowest BCUT2D eigenvalue weighted by Crippen LogP contribution is -2.19. The normalized spacial score (nSPS) is 12.6. The van der Waals surface area contributed by atoms with E-state index >= 15 is 0 Å². The van der Waals surface area contributed by atoms with Crippen LogP contribution in [0.3, 0.4) is 0 Å². The summed E-state index contributed by atoms with van der Waals surface area (Å²) in [4.78, 5) is -0.648. The van der Waals surface area contributed by atoms with Crippen LogP contribution < -0.4 is 9.44 Å². The molecule has 0 amide bonds. The van der Waals surface area contributed by atoms with Crippen LogP contribution in [0.25, 0.3) is 0 Å².